The summed E-state index contributed by atoms with van der Waals surface area (Å²) in [7, 11) is 0. The van der Waals surface area contributed by atoms with E-state index in [-0.39, 0.29) is 5.91 Å². The van der Waals surface area contributed by atoms with E-state index < -0.39 is 6.03 Å². The highest BCUT2D eigenvalue weighted by molar-refractivity contribution is 6.01. The molecule has 0 aromatic carbocycles. The summed E-state index contributed by atoms with van der Waals surface area (Å²) in [6, 6.07) is -0.475. The van der Waals surface area contributed by atoms with Crippen molar-refractivity contribution in [2.45, 2.75) is 32.6 Å². The largest absolute Gasteiger partial charge is 0.325 e. The Labute approximate surface area is 89.4 Å². The number of hydrogen-bond donors (Lipinski definition) is 2. The highest BCUT2D eigenvalue weighted by Gasteiger charge is 2.06. The van der Waals surface area contributed by atoms with E-state index in [1.807, 2.05) is 0 Å². The summed E-state index contributed by atoms with van der Waals surface area (Å²) in [5, 5.41) is 4.66. The smallest absolute Gasteiger partial charge is 0.314 e. The second-order valence-electron chi connectivity index (χ2n) is 3.47. The van der Waals surface area contributed by atoms with Crippen molar-refractivity contribution < 1.29 is 9.59 Å². The van der Waals surface area contributed by atoms with Gasteiger partial charge in [-0.3, -0.25) is 10.1 Å². The molecule has 15 heavy (non-hydrogen) atoms. The summed E-state index contributed by atoms with van der Waals surface area (Å²) >= 11 is 0. The van der Waals surface area contributed by atoms with E-state index in [1.165, 1.54) is 6.08 Å². The molecule has 4 nitrogen and oxygen atoms in total. The molecule has 0 saturated heterocycles. The van der Waals surface area contributed by atoms with Gasteiger partial charge >= 0.3 is 6.03 Å². The van der Waals surface area contributed by atoms with Crippen molar-refractivity contribution >= 4 is 11.9 Å². The number of imide groups is 1. The third kappa shape index (κ3) is 4.44. The quantitative estimate of drug-likeness (QED) is 0.693. The molecule has 3 amide bonds. The van der Waals surface area contributed by atoms with E-state index >= 15 is 0 Å². The Morgan fingerprint density at radius 2 is 2.00 bits per heavy atom. The van der Waals surface area contributed by atoms with Gasteiger partial charge in [0.1, 0.15) is 0 Å². The maximum atomic E-state index is 11.0. The lowest BCUT2D eigenvalue weighted by atomic mass is 10.1. The van der Waals surface area contributed by atoms with Crippen molar-refractivity contribution in [2.75, 3.05) is 0 Å². The molecule has 1 aliphatic heterocycles. The zero-order valence-corrected chi connectivity index (χ0v) is 8.88. The normalized spacial score (nSPS) is 21.8. The van der Waals surface area contributed by atoms with Crippen LogP contribution in [0.3, 0.4) is 0 Å². The van der Waals surface area contributed by atoms with Gasteiger partial charge in [-0.05, 0) is 18.4 Å². The molecular weight excluding hydrogens is 192 g/mol. The van der Waals surface area contributed by atoms with Gasteiger partial charge < -0.3 is 5.32 Å². The number of unbranched alkanes of at least 4 members (excludes halogenated alkanes) is 2. The predicted molar refractivity (Wildman–Crippen MR) is 58.0 cm³/mol. The fraction of sp³-hybridized carbons (Fsp3) is 0.455. The minimum atomic E-state index is -0.475. The third-order valence-corrected chi connectivity index (χ3v) is 2.14. The van der Waals surface area contributed by atoms with E-state index in [0.717, 1.165) is 31.3 Å². The zero-order chi connectivity index (χ0) is 11.1. The fourth-order valence-corrected chi connectivity index (χ4v) is 1.31. The van der Waals surface area contributed by atoms with Gasteiger partial charge in [-0.15, -0.1) is 0 Å². The van der Waals surface area contributed by atoms with Gasteiger partial charge in [0.15, 0.2) is 0 Å². The SMILES string of the molecule is CCCCCC1=C/NC(=O)NC(=O)/C=C\1. The van der Waals surface area contributed by atoms with Crippen LogP contribution in [-0.4, -0.2) is 11.9 Å². The van der Waals surface area contributed by atoms with Crippen LogP contribution in [0.2, 0.25) is 0 Å². The Morgan fingerprint density at radius 3 is 2.73 bits per heavy atom. The van der Waals surface area contributed by atoms with E-state index in [2.05, 4.69) is 17.6 Å². The van der Waals surface area contributed by atoms with Crippen LogP contribution in [0.15, 0.2) is 23.9 Å². The minimum absolute atomic E-state index is 0.381. The summed E-state index contributed by atoms with van der Waals surface area (Å²) in [6.07, 6.45) is 9.05. The molecule has 2 N–H and O–H groups in total. The van der Waals surface area contributed by atoms with E-state index in [4.69, 9.17) is 0 Å². The molecule has 0 spiro atoms. The van der Waals surface area contributed by atoms with Crippen LogP contribution in [-0.2, 0) is 4.79 Å². The molecule has 1 rings (SSSR count). The molecule has 1 heterocycles. The van der Waals surface area contributed by atoms with Crippen LogP contribution in [0.5, 0.6) is 0 Å². The molecule has 0 atom stereocenters. The Morgan fingerprint density at radius 1 is 1.20 bits per heavy atom. The molecular formula is C11H16N2O2. The maximum Gasteiger partial charge on any atom is 0.325 e. The van der Waals surface area contributed by atoms with Crippen molar-refractivity contribution in [3.05, 3.63) is 23.9 Å². The van der Waals surface area contributed by atoms with Gasteiger partial charge in [-0.1, -0.05) is 25.8 Å². The summed E-state index contributed by atoms with van der Waals surface area (Å²) in [5.41, 5.74) is 0.978. The number of nitrogens with one attached hydrogen (secondary N) is 2. The lowest BCUT2D eigenvalue weighted by Gasteiger charge is -2.07. The van der Waals surface area contributed by atoms with Gasteiger partial charge in [0.2, 0.25) is 0 Å². The first-order chi connectivity index (χ1) is 7.22. The number of allylic oxidation sites excluding steroid dienone is 2. The highest BCUT2D eigenvalue weighted by Crippen LogP contribution is 2.10. The van der Waals surface area contributed by atoms with Crippen molar-refractivity contribution in [3.63, 3.8) is 0 Å². The van der Waals surface area contributed by atoms with Crippen molar-refractivity contribution in [3.8, 4) is 0 Å². The van der Waals surface area contributed by atoms with Crippen LogP contribution < -0.4 is 10.6 Å². The van der Waals surface area contributed by atoms with Crippen LogP contribution in [0, 0.1) is 0 Å². The van der Waals surface area contributed by atoms with E-state index in [1.54, 1.807) is 12.3 Å². The predicted octanol–water partition coefficient (Wildman–Crippen LogP) is 1.85. The standard InChI is InChI=1S/C11H16N2O2/c1-2-3-4-5-9-6-7-10(14)13-11(15)12-8-9/h6-8H,2-5H2,1H3,(H2,12,13,14,15). The number of amides is 3. The minimum Gasteiger partial charge on any atom is -0.314 e. The van der Waals surface area contributed by atoms with Crippen LogP contribution >= 0.6 is 0 Å². The van der Waals surface area contributed by atoms with E-state index in [0.29, 0.717) is 0 Å². The number of carbonyl (C=O) groups excluding carboxylic acids is 2. The van der Waals surface area contributed by atoms with Crippen molar-refractivity contribution in [2.24, 2.45) is 0 Å². The monoisotopic (exact) mass is 208 g/mol. The summed E-state index contributed by atoms with van der Waals surface area (Å²) in [4.78, 5) is 22.0. The van der Waals surface area contributed by atoms with Gasteiger partial charge in [0, 0.05) is 12.3 Å². The number of urea groups is 1. The molecule has 0 aromatic rings. The fourth-order valence-electron chi connectivity index (χ4n) is 1.31. The lowest BCUT2D eigenvalue weighted by Crippen LogP contribution is -2.36. The molecule has 1 aliphatic rings. The summed E-state index contributed by atoms with van der Waals surface area (Å²) in [5.74, 6) is -0.381. The van der Waals surface area contributed by atoms with Gasteiger partial charge in [0.25, 0.3) is 5.91 Å². The van der Waals surface area contributed by atoms with Crippen molar-refractivity contribution in [1.29, 1.82) is 0 Å². The molecule has 0 unspecified atom stereocenters. The second-order valence-corrected chi connectivity index (χ2v) is 3.47. The third-order valence-electron chi connectivity index (χ3n) is 2.14. The van der Waals surface area contributed by atoms with Crippen LogP contribution in [0.4, 0.5) is 4.79 Å². The number of carbonyl (C=O) groups is 2. The Kier molecular flexibility index (Phi) is 4.60. The summed E-state index contributed by atoms with van der Waals surface area (Å²) in [6.45, 7) is 2.14. The molecule has 0 fully saturated rings. The van der Waals surface area contributed by atoms with Gasteiger partial charge in [-0.2, -0.15) is 0 Å². The van der Waals surface area contributed by atoms with Crippen LogP contribution in [0.25, 0.3) is 0 Å². The first kappa shape index (κ1) is 11.5. The van der Waals surface area contributed by atoms with E-state index in [9.17, 15) is 9.59 Å². The molecule has 0 bridgehead atoms. The average molecular weight is 208 g/mol. The number of hydrogen-bond acceptors (Lipinski definition) is 2. The van der Waals surface area contributed by atoms with Gasteiger partial charge in [-0.25, -0.2) is 4.79 Å². The average Bonchev–Trinajstić information content (AvgIpc) is 2.19. The second kappa shape index (κ2) is 6.01. The Balaban J connectivity index is 2.54. The van der Waals surface area contributed by atoms with Gasteiger partial charge in [0.05, 0.1) is 0 Å². The molecule has 0 radical (unpaired) electrons. The molecule has 4 heteroatoms. The number of rotatable bonds is 4. The molecule has 0 aliphatic carbocycles. The maximum absolute atomic E-state index is 11.0. The molecule has 0 saturated carbocycles. The summed E-state index contributed by atoms with van der Waals surface area (Å²) < 4.78 is 0. The topological polar surface area (TPSA) is 58.2 Å². The first-order valence-electron chi connectivity index (χ1n) is 5.21. The lowest BCUT2D eigenvalue weighted by molar-refractivity contribution is -0.115. The Bertz CT molecular complexity index is 306. The van der Waals surface area contributed by atoms with Crippen LogP contribution in [0.1, 0.15) is 32.6 Å². The first-order valence-corrected chi connectivity index (χ1v) is 5.21. The molecule has 0 aromatic heterocycles. The molecule has 82 valence electrons. The zero-order valence-electron chi connectivity index (χ0n) is 8.88. The highest BCUT2D eigenvalue weighted by atomic mass is 16.2. The van der Waals surface area contributed by atoms with Crippen molar-refractivity contribution in [1.82, 2.24) is 10.6 Å². The Hall–Kier alpha value is -1.58.